The molecule has 1 aliphatic rings. The molecular weight excluding hydrogens is 449 g/mol. The molecule has 172 valence electrons. The van der Waals surface area contributed by atoms with Crippen LogP contribution in [-0.2, 0) is 19.1 Å². The van der Waals surface area contributed by atoms with Crippen LogP contribution in [0.1, 0.15) is 58.3 Å². The van der Waals surface area contributed by atoms with Crippen LogP contribution in [0.3, 0.4) is 0 Å². The Bertz CT molecular complexity index is 1000. The number of carbonyl (C=O) groups excluding carboxylic acids is 2. The van der Waals surface area contributed by atoms with Gasteiger partial charge in [-0.1, -0.05) is 62.2 Å². The number of halogens is 2. The molecule has 2 atom stereocenters. The number of esters is 1. The zero-order chi connectivity index (χ0) is 23.6. The van der Waals surface area contributed by atoms with Gasteiger partial charge >= 0.3 is 5.97 Å². The van der Waals surface area contributed by atoms with Crippen molar-refractivity contribution in [2.24, 2.45) is 5.41 Å². The molecule has 2 aromatic carbocycles. The maximum atomic E-state index is 13.7. The molecular formula is C25H29Cl2NO4. The first kappa shape index (κ1) is 24.6. The predicted octanol–water partition coefficient (Wildman–Crippen LogP) is 6.20. The first-order chi connectivity index (χ1) is 15.0. The van der Waals surface area contributed by atoms with Gasteiger partial charge in [0.15, 0.2) is 0 Å². The van der Waals surface area contributed by atoms with Crippen LogP contribution < -0.4 is 4.90 Å². The number of ether oxygens (including phenoxy) is 2. The fourth-order valence-electron chi connectivity index (χ4n) is 3.73. The number of benzene rings is 2. The van der Waals surface area contributed by atoms with Crippen molar-refractivity contribution >= 4 is 40.8 Å². The number of anilines is 1. The average molecular weight is 478 g/mol. The van der Waals surface area contributed by atoms with E-state index in [1.165, 1.54) is 0 Å². The monoisotopic (exact) mass is 477 g/mol. The Morgan fingerprint density at radius 1 is 1.12 bits per heavy atom. The van der Waals surface area contributed by atoms with Crippen LogP contribution in [0.15, 0.2) is 42.5 Å². The maximum Gasteiger partial charge on any atom is 0.309 e. The standard InChI is InChI=1S/C25H29Cl2NO4/c1-15(2)31-22(29)13-21-24(30)28(14-25(3,4)5)20-11-10-16(26)12-18(20)23(32-21)17-8-6-7-9-19(17)27/h6-12,15,21,23H,13-14H2,1-5H3/t21-,23-/m0/s1. The van der Waals surface area contributed by atoms with Gasteiger partial charge in [-0.2, -0.15) is 0 Å². The molecule has 0 N–H and O–H groups in total. The summed E-state index contributed by atoms with van der Waals surface area (Å²) in [7, 11) is 0. The van der Waals surface area contributed by atoms with Gasteiger partial charge in [0, 0.05) is 33.4 Å². The van der Waals surface area contributed by atoms with Gasteiger partial charge in [-0.15, -0.1) is 0 Å². The molecule has 5 nitrogen and oxygen atoms in total. The quantitative estimate of drug-likeness (QED) is 0.480. The molecule has 0 bridgehead atoms. The van der Waals surface area contributed by atoms with Gasteiger partial charge in [0.2, 0.25) is 0 Å². The molecule has 0 unspecified atom stereocenters. The molecule has 1 amide bonds. The van der Waals surface area contributed by atoms with Gasteiger partial charge in [-0.05, 0) is 43.5 Å². The Kier molecular flexibility index (Phi) is 7.53. The van der Waals surface area contributed by atoms with Gasteiger partial charge < -0.3 is 14.4 Å². The molecule has 32 heavy (non-hydrogen) atoms. The molecule has 2 aromatic rings. The van der Waals surface area contributed by atoms with Gasteiger partial charge in [0.25, 0.3) is 5.91 Å². The summed E-state index contributed by atoms with van der Waals surface area (Å²) in [6, 6.07) is 12.7. The maximum absolute atomic E-state index is 13.7. The Balaban J connectivity index is 2.15. The second-order valence-electron chi connectivity index (χ2n) is 9.46. The van der Waals surface area contributed by atoms with Crippen molar-refractivity contribution in [1.29, 1.82) is 0 Å². The van der Waals surface area contributed by atoms with Crippen LogP contribution in [0.4, 0.5) is 5.69 Å². The molecule has 0 fully saturated rings. The molecule has 0 spiro atoms. The molecule has 1 heterocycles. The molecule has 0 aliphatic carbocycles. The van der Waals surface area contributed by atoms with Gasteiger partial charge in [-0.25, -0.2) is 0 Å². The number of fused-ring (bicyclic) bond motifs is 1. The average Bonchev–Trinajstić information content (AvgIpc) is 2.77. The minimum Gasteiger partial charge on any atom is -0.463 e. The number of carbonyl (C=O) groups is 2. The number of nitrogens with zero attached hydrogens (tertiary/aromatic N) is 1. The summed E-state index contributed by atoms with van der Waals surface area (Å²) in [6.45, 7) is 10.1. The highest BCUT2D eigenvalue weighted by Gasteiger charge is 2.39. The Morgan fingerprint density at radius 3 is 2.44 bits per heavy atom. The van der Waals surface area contributed by atoms with E-state index >= 15 is 0 Å². The molecule has 0 saturated heterocycles. The zero-order valence-corrected chi connectivity index (χ0v) is 20.5. The van der Waals surface area contributed by atoms with Crippen molar-refractivity contribution in [1.82, 2.24) is 0 Å². The highest BCUT2D eigenvalue weighted by Crippen LogP contribution is 2.42. The first-order valence-corrected chi connectivity index (χ1v) is 11.4. The highest BCUT2D eigenvalue weighted by molar-refractivity contribution is 6.31. The van der Waals surface area contributed by atoms with Crippen molar-refractivity contribution in [3.63, 3.8) is 0 Å². The Hall–Kier alpha value is -2.08. The van der Waals surface area contributed by atoms with Crippen LogP contribution in [0, 0.1) is 5.41 Å². The summed E-state index contributed by atoms with van der Waals surface area (Å²) < 4.78 is 11.6. The third-order valence-corrected chi connectivity index (χ3v) is 5.52. The molecule has 7 heteroatoms. The van der Waals surface area contributed by atoms with Crippen molar-refractivity contribution < 1.29 is 19.1 Å². The van der Waals surface area contributed by atoms with E-state index in [0.29, 0.717) is 27.8 Å². The summed E-state index contributed by atoms with van der Waals surface area (Å²) in [5, 5.41) is 1.02. The van der Waals surface area contributed by atoms with E-state index in [2.05, 4.69) is 20.8 Å². The third kappa shape index (κ3) is 5.83. The van der Waals surface area contributed by atoms with Gasteiger partial charge in [0.1, 0.15) is 12.2 Å². The van der Waals surface area contributed by atoms with E-state index in [9.17, 15) is 9.59 Å². The fourth-order valence-corrected chi connectivity index (χ4v) is 4.15. The number of hydrogen-bond donors (Lipinski definition) is 0. The van der Waals surface area contributed by atoms with Crippen LogP contribution in [0.25, 0.3) is 0 Å². The van der Waals surface area contributed by atoms with Crippen molar-refractivity contribution in [2.45, 2.75) is 59.4 Å². The van der Waals surface area contributed by atoms with E-state index < -0.39 is 18.2 Å². The second-order valence-corrected chi connectivity index (χ2v) is 10.3. The summed E-state index contributed by atoms with van der Waals surface area (Å²) in [6.07, 6.45) is -2.19. The lowest BCUT2D eigenvalue weighted by atomic mass is 9.94. The van der Waals surface area contributed by atoms with E-state index in [1.54, 1.807) is 36.9 Å². The van der Waals surface area contributed by atoms with E-state index in [1.807, 2.05) is 24.3 Å². The fraction of sp³-hybridized carbons (Fsp3) is 0.440. The zero-order valence-electron chi connectivity index (χ0n) is 19.0. The van der Waals surface area contributed by atoms with Gasteiger partial charge in [0.05, 0.1) is 12.5 Å². The summed E-state index contributed by atoms with van der Waals surface area (Å²) in [5.41, 5.74) is 1.92. The normalized spacial score (nSPS) is 19.0. The SMILES string of the molecule is CC(C)OC(=O)C[C@@H]1O[C@@H](c2ccccc2Cl)c2cc(Cl)ccc2N(CC(C)(C)C)C1=O. The molecule has 0 radical (unpaired) electrons. The predicted molar refractivity (Wildman–Crippen MR) is 127 cm³/mol. The molecule has 0 saturated carbocycles. The minimum absolute atomic E-state index is 0.194. The number of hydrogen-bond acceptors (Lipinski definition) is 4. The largest absolute Gasteiger partial charge is 0.463 e. The van der Waals surface area contributed by atoms with Crippen LogP contribution in [-0.4, -0.2) is 30.6 Å². The van der Waals surface area contributed by atoms with Crippen LogP contribution >= 0.6 is 23.2 Å². The van der Waals surface area contributed by atoms with E-state index in [0.717, 1.165) is 5.56 Å². The molecule has 0 aromatic heterocycles. The highest BCUT2D eigenvalue weighted by atomic mass is 35.5. The number of amides is 1. The molecule has 1 aliphatic heterocycles. The summed E-state index contributed by atoms with van der Waals surface area (Å²) in [4.78, 5) is 27.9. The van der Waals surface area contributed by atoms with Crippen LogP contribution in [0.5, 0.6) is 0 Å². The first-order valence-electron chi connectivity index (χ1n) is 10.7. The van der Waals surface area contributed by atoms with Gasteiger partial charge in [-0.3, -0.25) is 9.59 Å². The Morgan fingerprint density at radius 2 is 1.81 bits per heavy atom. The van der Waals surface area contributed by atoms with Crippen molar-refractivity contribution in [3.05, 3.63) is 63.6 Å². The van der Waals surface area contributed by atoms with Crippen LogP contribution in [0.2, 0.25) is 10.0 Å². The van der Waals surface area contributed by atoms with Crippen molar-refractivity contribution in [3.8, 4) is 0 Å². The number of rotatable bonds is 5. The van der Waals surface area contributed by atoms with E-state index in [4.69, 9.17) is 32.7 Å². The topological polar surface area (TPSA) is 55.8 Å². The lowest BCUT2D eigenvalue weighted by Crippen LogP contribution is -2.44. The smallest absolute Gasteiger partial charge is 0.309 e. The third-order valence-electron chi connectivity index (χ3n) is 4.94. The minimum atomic E-state index is -1.03. The second kappa shape index (κ2) is 9.82. The molecule has 3 rings (SSSR count). The summed E-state index contributed by atoms with van der Waals surface area (Å²) in [5.74, 6) is -0.783. The Labute approximate surface area is 199 Å². The van der Waals surface area contributed by atoms with E-state index in [-0.39, 0.29) is 23.8 Å². The van der Waals surface area contributed by atoms with Crippen molar-refractivity contribution in [2.75, 3.05) is 11.4 Å². The lowest BCUT2D eigenvalue weighted by Gasteiger charge is -2.31. The summed E-state index contributed by atoms with van der Waals surface area (Å²) >= 11 is 12.9. The lowest BCUT2D eigenvalue weighted by molar-refractivity contribution is -0.155.